The van der Waals surface area contributed by atoms with E-state index in [1.165, 1.54) is 0 Å². The molecule has 9 nitrogen and oxygen atoms in total. The molecule has 0 aromatic carbocycles. The number of hydrogen-bond donors (Lipinski definition) is 0. The highest BCUT2D eigenvalue weighted by Crippen LogP contribution is 2.27. The van der Waals surface area contributed by atoms with Crippen LogP contribution in [0.1, 0.15) is 49.5 Å². The van der Waals surface area contributed by atoms with E-state index in [1.54, 1.807) is 28.8 Å². The molecule has 1 aromatic rings. The number of hydrogen-bond acceptors (Lipinski definition) is 6. The van der Waals surface area contributed by atoms with Crippen molar-refractivity contribution in [2.24, 2.45) is 0 Å². The normalized spacial score (nSPS) is 19.8. The van der Waals surface area contributed by atoms with Gasteiger partial charge in [0.05, 0.1) is 18.8 Å². The van der Waals surface area contributed by atoms with Gasteiger partial charge in [-0.2, -0.15) is 0 Å². The fourth-order valence-electron chi connectivity index (χ4n) is 3.86. The van der Waals surface area contributed by atoms with E-state index in [0.29, 0.717) is 31.8 Å². The number of likely N-dealkylation sites (N-methyl/N-ethyl adjacent to an activating group) is 2. The van der Waals surface area contributed by atoms with Crippen LogP contribution in [0.25, 0.3) is 0 Å². The Balaban J connectivity index is 1.72. The molecule has 164 valence electrons. The van der Waals surface area contributed by atoms with Gasteiger partial charge in [0.15, 0.2) is 0 Å². The Labute approximate surface area is 178 Å². The average Bonchev–Trinajstić information content (AvgIpc) is 2.91. The molecule has 0 unspecified atom stereocenters. The third-order valence-electron chi connectivity index (χ3n) is 5.80. The molecule has 0 radical (unpaired) electrons. The monoisotopic (exact) mass is 416 g/mol. The quantitative estimate of drug-likeness (QED) is 0.683. The van der Waals surface area contributed by atoms with Crippen molar-refractivity contribution in [3.8, 4) is 0 Å². The minimum atomic E-state index is -0.124. The largest absolute Gasteiger partial charge is 0.363 e. The van der Waals surface area contributed by atoms with Gasteiger partial charge in [0.2, 0.25) is 17.7 Å². The number of anilines is 1. The molecule has 2 fully saturated rings. The summed E-state index contributed by atoms with van der Waals surface area (Å²) >= 11 is 0. The molecule has 2 saturated heterocycles. The third kappa shape index (κ3) is 5.25. The number of likely N-dealkylation sites (tertiary alicyclic amines) is 2. The first-order valence-corrected chi connectivity index (χ1v) is 10.6. The fourth-order valence-corrected chi connectivity index (χ4v) is 3.86. The summed E-state index contributed by atoms with van der Waals surface area (Å²) < 4.78 is 0. The second-order valence-corrected chi connectivity index (χ2v) is 8.51. The molecule has 3 heterocycles. The summed E-state index contributed by atoms with van der Waals surface area (Å²) in [7, 11) is 7.32. The van der Waals surface area contributed by atoms with Gasteiger partial charge in [0, 0.05) is 66.1 Å². The summed E-state index contributed by atoms with van der Waals surface area (Å²) in [5.74, 6) is 1.36. The maximum Gasteiger partial charge on any atom is 0.242 e. The van der Waals surface area contributed by atoms with Gasteiger partial charge in [0.25, 0.3) is 0 Å². The lowest BCUT2D eigenvalue weighted by molar-refractivity contribution is -0.139. The van der Waals surface area contributed by atoms with Crippen molar-refractivity contribution in [3.05, 3.63) is 17.6 Å². The highest BCUT2D eigenvalue weighted by Gasteiger charge is 2.30. The first-order chi connectivity index (χ1) is 14.2. The van der Waals surface area contributed by atoms with Crippen LogP contribution in [0, 0.1) is 0 Å². The number of amides is 3. The Kier molecular flexibility index (Phi) is 6.89. The molecule has 0 bridgehead atoms. The molecule has 3 amide bonds. The van der Waals surface area contributed by atoms with Crippen molar-refractivity contribution in [3.63, 3.8) is 0 Å². The van der Waals surface area contributed by atoms with Crippen LogP contribution in [0.5, 0.6) is 0 Å². The standard InChI is InChI=1S/C21H32N6O3/c1-24(2)18-11-16(15-10-20(29)25(3)12-15)22-17(23-18)13-26(4)21(30)14-27-9-7-5-6-8-19(27)28/h11,15H,5-10,12-14H2,1-4H3/t15-/m1/s1. The molecule has 0 saturated carbocycles. The first-order valence-electron chi connectivity index (χ1n) is 10.6. The molecule has 1 atom stereocenters. The van der Waals surface area contributed by atoms with Gasteiger partial charge in [-0.1, -0.05) is 6.42 Å². The minimum absolute atomic E-state index is 0.0266. The van der Waals surface area contributed by atoms with Gasteiger partial charge < -0.3 is 19.6 Å². The molecular formula is C21H32N6O3. The number of aromatic nitrogens is 2. The lowest BCUT2D eigenvalue weighted by Gasteiger charge is -2.24. The van der Waals surface area contributed by atoms with Gasteiger partial charge in [-0.3, -0.25) is 14.4 Å². The molecule has 30 heavy (non-hydrogen) atoms. The first kappa shape index (κ1) is 22.0. The zero-order chi connectivity index (χ0) is 21.8. The number of rotatable bonds is 6. The Bertz CT molecular complexity index is 812. The van der Waals surface area contributed by atoms with Crippen molar-refractivity contribution in [2.75, 3.05) is 52.7 Å². The zero-order valence-corrected chi connectivity index (χ0v) is 18.4. The van der Waals surface area contributed by atoms with Crippen LogP contribution >= 0.6 is 0 Å². The van der Waals surface area contributed by atoms with Crippen molar-refractivity contribution in [2.45, 2.75) is 44.6 Å². The molecule has 9 heteroatoms. The average molecular weight is 417 g/mol. The topological polar surface area (TPSA) is 90.0 Å². The Morgan fingerprint density at radius 1 is 1.13 bits per heavy atom. The number of carbonyl (C=O) groups excluding carboxylic acids is 3. The summed E-state index contributed by atoms with van der Waals surface area (Å²) in [5, 5.41) is 0. The predicted octanol–water partition coefficient (Wildman–Crippen LogP) is 0.849. The van der Waals surface area contributed by atoms with E-state index < -0.39 is 0 Å². The minimum Gasteiger partial charge on any atom is -0.363 e. The molecule has 0 spiro atoms. The summed E-state index contributed by atoms with van der Waals surface area (Å²) in [4.78, 5) is 53.0. The Morgan fingerprint density at radius 3 is 2.57 bits per heavy atom. The molecule has 1 aromatic heterocycles. The van der Waals surface area contributed by atoms with E-state index >= 15 is 0 Å². The number of carbonyl (C=O) groups is 3. The second-order valence-electron chi connectivity index (χ2n) is 8.51. The highest BCUT2D eigenvalue weighted by molar-refractivity contribution is 5.84. The van der Waals surface area contributed by atoms with E-state index in [9.17, 15) is 14.4 Å². The van der Waals surface area contributed by atoms with Crippen LogP contribution in [0.3, 0.4) is 0 Å². The lowest BCUT2D eigenvalue weighted by Crippen LogP contribution is -2.41. The van der Waals surface area contributed by atoms with E-state index in [0.717, 1.165) is 30.8 Å². The van der Waals surface area contributed by atoms with Crippen LogP contribution in [-0.2, 0) is 20.9 Å². The molecule has 3 rings (SSSR count). The SMILES string of the molecule is CN(Cc1nc([C@@H]2CC(=O)N(C)C2)cc(N(C)C)n1)C(=O)CN1CCCCCC1=O. The van der Waals surface area contributed by atoms with Gasteiger partial charge in [-0.25, -0.2) is 9.97 Å². The van der Waals surface area contributed by atoms with Crippen molar-refractivity contribution >= 4 is 23.5 Å². The molecular weight excluding hydrogens is 384 g/mol. The van der Waals surface area contributed by atoms with E-state index in [4.69, 9.17) is 0 Å². The lowest BCUT2D eigenvalue weighted by atomic mass is 10.0. The zero-order valence-electron chi connectivity index (χ0n) is 18.4. The van der Waals surface area contributed by atoms with Crippen LogP contribution < -0.4 is 4.90 Å². The van der Waals surface area contributed by atoms with E-state index in [2.05, 4.69) is 9.97 Å². The van der Waals surface area contributed by atoms with E-state index in [-0.39, 0.29) is 36.7 Å². The van der Waals surface area contributed by atoms with Crippen LogP contribution in [0.2, 0.25) is 0 Å². The maximum atomic E-state index is 12.7. The number of nitrogens with zero attached hydrogens (tertiary/aromatic N) is 6. The van der Waals surface area contributed by atoms with Gasteiger partial charge in [-0.05, 0) is 12.8 Å². The van der Waals surface area contributed by atoms with Crippen LogP contribution in [0.15, 0.2) is 6.07 Å². The Hall–Kier alpha value is -2.71. The highest BCUT2D eigenvalue weighted by atomic mass is 16.2. The molecule has 2 aliphatic heterocycles. The van der Waals surface area contributed by atoms with Crippen molar-refractivity contribution < 1.29 is 14.4 Å². The van der Waals surface area contributed by atoms with Gasteiger partial charge in [0.1, 0.15) is 11.6 Å². The molecule has 2 aliphatic rings. The molecule has 0 N–H and O–H groups in total. The summed E-state index contributed by atoms with van der Waals surface area (Å²) in [5.41, 5.74) is 0.824. The summed E-state index contributed by atoms with van der Waals surface area (Å²) in [6, 6.07) is 1.92. The maximum absolute atomic E-state index is 12.7. The smallest absolute Gasteiger partial charge is 0.242 e. The summed E-state index contributed by atoms with van der Waals surface area (Å²) in [6.45, 7) is 1.62. The fraction of sp³-hybridized carbons (Fsp3) is 0.667. The van der Waals surface area contributed by atoms with Crippen molar-refractivity contribution in [1.29, 1.82) is 0 Å². The second kappa shape index (κ2) is 9.40. The predicted molar refractivity (Wildman–Crippen MR) is 113 cm³/mol. The molecule has 0 aliphatic carbocycles. The van der Waals surface area contributed by atoms with Crippen LogP contribution in [-0.4, -0.2) is 90.2 Å². The van der Waals surface area contributed by atoms with Crippen LogP contribution in [0.4, 0.5) is 5.82 Å². The third-order valence-corrected chi connectivity index (χ3v) is 5.80. The van der Waals surface area contributed by atoms with Gasteiger partial charge >= 0.3 is 0 Å². The summed E-state index contributed by atoms with van der Waals surface area (Å²) in [6.07, 6.45) is 3.81. The van der Waals surface area contributed by atoms with Crippen molar-refractivity contribution in [1.82, 2.24) is 24.7 Å². The Morgan fingerprint density at radius 2 is 1.90 bits per heavy atom. The van der Waals surface area contributed by atoms with Gasteiger partial charge in [-0.15, -0.1) is 0 Å². The van der Waals surface area contributed by atoms with E-state index in [1.807, 2.05) is 25.1 Å².